The summed E-state index contributed by atoms with van der Waals surface area (Å²) in [4.78, 5) is 26.1. The molecule has 5 rings (SSSR count). The minimum Gasteiger partial charge on any atom is -0.420 e. The summed E-state index contributed by atoms with van der Waals surface area (Å²) in [7, 11) is -2.09. The van der Waals surface area contributed by atoms with Gasteiger partial charge in [0.15, 0.2) is 8.32 Å². The summed E-state index contributed by atoms with van der Waals surface area (Å²) >= 11 is 7.14. The molecule has 194 valence electrons. The van der Waals surface area contributed by atoms with E-state index in [1.165, 1.54) is 0 Å². The molecule has 4 heterocycles. The molecule has 1 aromatic carbocycles. The van der Waals surface area contributed by atoms with E-state index in [4.69, 9.17) is 29.0 Å². The predicted molar refractivity (Wildman–Crippen MR) is 152 cm³/mol. The van der Waals surface area contributed by atoms with Crippen LogP contribution in [0.15, 0.2) is 30.5 Å². The summed E-state index contributed by atoms with van der Waals surface area (Å²) in [6.07, 6.45) is 1.55. The van der Waals surface area contributed by atoms with E-state index in [2.05, 4.69) is 59.5 Å². The number of hydrogen-bond donors (Lipinski definition) is 2. The van der Waals surface area contributed by atoms with Gasteiger partial charge in [0, 0.05) is 44.4 Å². The number of thiophene rings is 1. The zero-order chi connectivity index (χ0) is 31.8. The van der Waals surface area contributed by atoms with Gasteiger partial charge in [0.2, 0.25) is 17.0 Å². The van der Waals surface area contributed by atoms with Crippen LogP contribution in [0.1, 0.15) is 51.1 Å². The SMILES string of the molecule is [2H]C([2H])([2H])C1([2H])NC(=O)c2sc3ccc4nc(Oc5nc(Cl)ncc5CO[Si](C)(C)C(C)(C)C)ccc4c3c2NC1([2H])[2H]. The van der Waals surface area contributed by atoms with E-state index in [-0.39, 0.29) is 39.3 Å². The van der Waals surface area contributed by atoms with Crippen molar-refractivity contribution in [2.75, 3.05) is 11.8 Å². The molecule has 0 saturated carbocycles. The number of carbonyl (C=O) groups is 1. The first-order valence-electron chi connectivity index (χ1n) is 14.5. The number of fused-ring (bicyclic) bond motifs is 5. The fraction of sp³-hybridized carbons (Fsp3) is 0.385. The molecule has 2 N–H and O–H groups in total. The van der Waals surface area contributed by atoms with Crippen LogP contribution in [0.5, 0.6) is 11.8 Å². The van der Waals surface area contributed by atoms with Gasteiger partial charge in [-0.05, 0) is 54.8 Å². The molecule has 8 nitrogen and oxygen atoms in total. The molecule has 3 aromatic heterocycles. The maximum atomic E-state index is 13.1. The first kappa shape index (κ1) is 19.3. The number of halogens is 1. The lowest BCUT2D eigenvalue weighted by atomic mass is 10.1. The molecule has 0 aliphatic carbocycles. The van der Waals surface area contributed by atoms with Gasteiger partial charge in [0.05, 0.1) is 27.5 Å². The molecule has 4 aromatic rings. The maximum Gasteiger partial charge on any atom is 0.263 e. The van der Waals surface area contributed by atoms with Crippen molar-refractivity contribution < 1.29 is 22.2 Å². The zero-order valence-corrected chi connectivity index (χ0v) is 23.5. The number of ether oxygens (including phenoxy) is 1. The summed E-state index contributed by atoms with van der Waals surface area (Å²) in [5.41, 5.74) is 1.15. The van der Waals surface area contributed by atoms with Gasteiger partial charge in [-0.2, -0.15) is 4.98 Å². The summed E-state index contributed by atoms with van der Waals surface area (Å²) in [6, 6.07) is 3.84. The van der Waals surface area contributed by atoms with Crippen LogP contribution in [0, 0.1) is 0 Å². The van der Waals surface area contributed by atoms with Crippen LogP contribution in [0.4, 0.5) is 5.69 Å². The van der Waals surface area contributed by atoms with Crippen LogP contribution >= 0.6 is 22.9 Å². The number of benzene rings is 1. The number of nitrogens with zero attached hydrogens (tertiary/aromatic N) is 3. The third-order valence-electron chi connectivity index (χ3n) is 6.65. The van der Waals surface area contributed by atoms with Crippen LogP contribution in [-0.4, -0.2) is 41.7 Å². The highest BCUT2D eigenvalue weighted by molar-refractivity contribution is 7.21. The Bertz CT molecular complexity index is 1760. The normalized spacial score (nSPS) is 22.4. The molecular formula is C26H30ClN5O3SSi. The Morgan fingerprint density at radius 2 is 2.11 bits per heavy atom. The fourth-order valence-electron chi connectivity index (χ4n) is 3.58. The van der Waals surface area contributed by atoms with Gasteiger partial charge >= 0.3 is 0 Å². The third kappa shape index (κ3) is 5.03. The molecule has 0 spiro atoms. The number of nitrogens with one attached hydrogen (secondary N) is 2. The van der Waals surface area contributed by atoms with Crippen molar-refractivity contribution in [3.05, 3.63) is 46.2 Å². The second-order valence-electron chi connectivity index (χ2n) is 10.2. The Labute approximate surface area is 234 Å². The van der Waals surface area contributed by atoms with Crippen molar-refractivity contribution in [1.82, 2.24) is 20.3 Å². The Morgan fingerprint density at radius 3 is 2.86 bits per heavy atom. The molecule has 37 heavy (non-hydrogen) atoms. The van der Waals surface area contributed by atoms with Gasteiger partial charge in [-0.15, -0.1) is 11.3 Å². The number of anilines is 1. The Morgan fingerprint density at radius 1 is 1.30 bits per heavy atom. The highest BCUT2D eigenvalue weighted by Crippen LogP contribution is 2.42. The van der Waals surface area contributed by atoms with Crippen molar-refractivity contribution in [1.29, 1.82) is 0 Å². The Hall–Kier alpha value is -2.79. The Kier molecular flexibility index (Phi) is 4.96. The second-order valence-corrected chi connectivity index (χ2v) is 16.4. The lowest BCUT2D eigenvalue weighted by Crippen LogP contribution is -2.40. The molecule has 0 fully saturated rings. The van der Waals surface area contributed by atoms with Crippen LogP contribution in [-0.2, 0) is 11.0 Å². The van der Waals surface area contributed by atoms with E-state index in [1.807, 2.05) is 0 Å². The summed E-state index contributed by atoms with van der Waals surface area (Å²) < 4.78 is 61.6. The van der Waals surface area contributed by atoms with Crippen molar-refractivity contribution in [3.63, 3.8) is 0 Å². The molecule has 1 amide bonds. The van der Waals surface area contributed by atoms with Crippen molar-refractivity contribution in [2.24, 2.45) is 0 Å². The summed E-state index contributed by atoms with van der Waals surface area (Å²) in [6.45, 7) is 4.93. The molecule has 11 heteroatoms. The average Bonchev–Trinajstić information content (AvgIpc) is 3.21. The second kappa shape index (κ2) is 9.50. The van der Waals surface area contributed by atoms with Crippen LogP contribution in [0.2, 0.25) is 23.4 Å². The molecule has 0 radical (unpaired) electrons. The smallest absolute Gasteiger partial charge is 0.263 e. The van der Waals surface area contributed by atoms with Crippen LogP contribution in [0.3, 0.4) is 0 Å². The molecule has 1 atom stereocenters. The number of rotatable bonds is 5. The number of aromatic nitrogens is 3. The number of carbonyl (C=O) groups excluding carboxylic acids is 1. The number of amides is 1. The van der Waals surface area contributed by atoms with E-state index in [0.717, 1.165) is 11.3 Å². The first-order valence-corrected chi connectivity index (χ1v) is 15.6. The van der Waals surface area contributed by atoms with E-state index in [0.29, 0.717) is 26.6 Å². The quantitative estimate of drug-likeness (QED) is 0.205. The minimum absolute atomic E-state index is 0.00354. The van der Waals surface area contributed by atoms with Crippen LogP contribution in [0.25, 0.3) is 21.0 Å². The predicted octanol–water partition coefficient (Wildman–Crippen LogP) is 6.75. The van der Waals surface area contributed by atoms with E-state index >= 15 is 0 Å². The van der Waals surface area contributed by atoms with Gasteiger partial charge in [-0.1, -0.05) is 20.8 Å². The molecule has 0 saturated heterocycles. The molecule has 1 aliphatic heterocycles. The average molecular weight is 562 g/mol. The molecule has 1 unspecified atom stereocenters. The van der Waals surface area contributed by atoms with E-state index in [1.54, 1.807) is 30.5 Å². The third-order valence-corrected chi connectivity index (χ3v) is 12.5. The monoisotopic (exact) mass is 561 g/mol. The van der Waals surface area contributed by atoms with Crippen LogP contribution < -0.4 is 15.4 Å². The van der Waals surface area contributed by atoms with Gasteiger partial charge < -0.3 is 19.8 Å². The lowest BCUT2D eigenvalue weighted by Gasteiger charge is -2.36. The van der Waals surface area contributed by atoms with Crippen molar-refractivity contribution in [3.8, 4) is 11.8 Å². The maximum absolute atomic E-state index is 13.1. The highest BCUT2D eigenvalue weighted by Gasteiger charge is 2.37. The fourth-order valence-corrected chi connectivity index (χ4v) is 5.72. The van der Waals surface area contributed by atoms with Gasteiger partial charge in [-0.3, -0.25) is 4.79 Å². The molecule has 0 bridgehead atoms. The van der Waals surface area contributed by atoms with Crippen molar-refractivity contribution in [2.45, 2.75) is 58.4 Å². The Balaban J connectivity index is 1.53. The first-order chi connectivity index (χ1) is 19.7. The minimum atomic E-state index is -3.16. The van der Waals surface area contributed by atoms with Crippen molar-refractivity contribution >= 4 is 63.8 Å². The van der Waals surface area contributed by atoms with Gasteiger partial charge in [0.25, 0.3) is 5.91 Å². The topological polar surface area (TPSA) is 98.3 Å². The summed E-state index contributed by atoms with van der Waals surface area (Å²) in [5, 5.41) is 5.68. The molecular weight excluding hydrogens is 526 g/mol. The largest absolute Gasteiger partial charge is 0.420 e. The van der Waals surface area contributed by atoms with Gasteiger partial charge in [0.1, 0.15) is 4.88 Å². The number of pyridine rings is 1. The molecule has 1 aliphatic rings. The standard InChI is InChI=1S/C26H30ClN5O3SSi/c1-14-11-28-21-20-16-7-10-19(31-17(16)8-9-18(20)36-22(21)23(33)30-14)35-24-15(12-29-25(27)32-24)13-34-37(5,6)26(2,3)4/h7-10,12,14,28H,11,13H2,1-6H3,(H,30,33)/i1D3,11D2,14D. The summed E-state index contributed by atoms with van der Waals surface area (Å²) in [5.74, 6) is -0.463. The van der Waals surface area contributed by atoms with Gasteiger partial charge in [-0.25, -0.2) is 9.97 Å². The number of hydrogen-bond acceptors (Lipinski definition) is 8. The van der Waals surface area contributed by atoms with E-state index in [9.17, 15) is 4.79 Å². The zero-order valence-electron chi connectivity index (χ0n) is 26.9. The van der Waals surface area contributed by atoms with E-state index < -0.39 is 33.6 Å². The highest BCUT2D eigenvalue weighted by atomic mass is 35.5. The lowest BCUT2D eigenvalue weighted by molar-refractivity contribution is 0.0949.